The van der Waals surface area contributed by atoms with E-state index < -0.39 is 0 Å². The summed E-state index contributed by atoms with van der Waals surface area (Å²) in [4.78, 5) is 14.3. The zero-order chi connectivity index (χ0) is 14.5. The van der Waals surface area contributed by atoms with Gasteiger partial charge in [-0.2, -0.15) is 0 Å². The van der Waals surface area contributed by atoms with Gasteiger partial charge in [-0.05, 0) is 25.5 Å². The van der Waals surface area contributed by atoms with Gasteiger partial charge in [0.25, 0.3) is 0 Å². The summed E-state index contributed by atoms with van der Waals surface area (Å²) in [6, 6.07) is 8.02. The van der Waals surface area contributed by atoms with E-state index in [2.05, 4.69) is 17.1 Å². The lowest BCUT2D eigenvalue weighted by atomic mass is 10.2. The van der Waals surface area contributed by atoms with E-state index >= 15 is 0 Å². The topological polar surface area (TPSA) is 67.6 Å². The van der Waals surface area contributed by atoms with Crippen LogP contribution in [-0.4, -0.2) is 49.2 Å². The number of hydrogen-bond donors (Lipinski definition) is 2. The number of rotatable bonds is 4. The van der Waals surface area contributed by atoms with Gasteiger partial charge in [0.15, 0.2) is 0 Å². The zero-order valence-corrected chi connectivity index (χ0v) is 12.1. The van der Waals surface area contributed by atoms with Crippen molar-refractivity contribution in [2.24, 2.45) is 5.73 Å². The van der Waals surface area contributed by atoms with Crippen LogP contribution in [0.15, 0.2) is 24.3 Å². The Balaban J connectivity index is 1.92. The van der Waals surface area contributed by atoms with Gasteiger partial charge in [-0.3, -0.25) is 9.69 Å². The minimum Gasteiger partial charge on any atom is -0.374 e. The number of para-hydroxylation sites is 1. The Morgan fingerprint density at radius 2 is 2.25 bits per heavy atom. The third-order valence-corrected chi connectivity index (χ3v) is 3.66. The minimum absolute atomic E-state index is 0.00354. The van der Waals surface area contributed by atoms with Gasteiger partial charge >= 0.3 is 0 Å². The number of nitrogens with two attached hydrogens (primary N) is 1. The number of aryl methyl sites for hydroxylation is 1. The molecule has 5 nitrogen and oxygen atoms in total. The van der Waals surface area contributed by atoms with Crippen LogP contribution < -0.4 is 11.1 Å². The van der Waals surface area contributed by atoms with Gasteiger partial charge in [0.05, 0.1) is 19.3 Å². The minimum atomic E-state index is 0.00354. The molecule has 3 N–H and O–H groups in total. The fourth-order valence-corrected chi connectivity index (χ4v) is 2.33. The quantitative estimate of drug-likeness (QED) is 0.861. The largest absolute Gasteiger partial charge is 0.374 e. The van der Waals surface area contributed by atoms with E-state index in [0.29, 0.717) is 26.2 Å². The lowest BCUT2D eigenvalue weighted by Gasteiger charge is -2.37. The highest BCUT2D eigenvalue weighted by Crippen LogP contribution is 2.14. The van der Waals surface area contributed by atoms with Crippen molar-refractivity contribution in [1.29, 1.82) is 0 Å². The summed E-state index contributed by atoms with van der Waals surface area (Å²) in [6.07, 6.45) is 0.0254. The van der Waals surface area contributed by atoms with Crippen molar-refractivity contribution in [3.8, 4) is 0 Å². The molecule has 2 unspecified atom stereocenters. The maximum absolute atomic E-state index is 12.1. The zero-order valence-electron chi connectivity index (χ0n) is 12.1. The summed E-state index contributed by atoms with van der Waals surface area (Å²) in [5, 5.41) is 2.96. The number of amides is 1. The van der Waals surface area contributed by atoms with E-state index in [1.807, 2.05) is 31.2 Å². The molecule has 0 radical (unpaired) electrons. The van der Waals surface area contributed by atoms with E-state index in [-0.39, 0.29) is 18.1 Å². The van der Waals surface area contributed by atoms with Crippen molar-refractivity contribution in [2.75, 3.05) is 31.6 Å². The Labute approximate surface area is 120 Å². The Hall–Kier alpha value is -1.43. The van der Waals surface area contributed by atoms with Crippen LogP contribution in [0, 0.1) is 6.92 Å². The summed E-state index contributed by atoms with van der Waals surface area (Å²) in [5.41, 5.74) is 7.57. The van der Waals surface area contributed by atoms with Crippen LogP contribution in [0.4, 0.5) is 5.69 Å². The molecule has 110 valence electrons. The highest BCUT2D eigenvalue weighted by Gasteiger charge is 2.26. The van der Waals surface area contributed by atoms with Crippen LogP contribution >= 0.6 is 0 Å². The first kappa shape index (κ1) is 15.0. The Morgan fingerprint density at radius 1 is 1.50 bits per heavy atom. The molecule has 0 aromatic heterocycles. The van der Waals surface area contributed by atoms with Gasteiger partial charge in [-0.25, -0.2) is 0 Å². The standard InChI is InChI=1S/C15H23N3O2/c1-11-5-3-4-6-14(11)17-15(19)9-18-8-13(7-16)20-10-12(18)2/h3-6,12-13H,7-10,16H2,1-2H3,(H,17,19). The molecule has 0 spiro atoms. The molecule has 2 atom stereocenters. The Morgan fingerprint density at radius 3 is 2.95 bits per heavy atom. The molecule has 5 heteroatoms. The summed E-state index contributed by atoms with van der Waals surface area (Å²) in [7, 11) is 0. The van der Waals surface area contributed by atoms with Crippen molar-refractivity contribution in [2.45, 2.75) is 26.0 Å². The van der Waals surface area contributed by atoms with Gasteiger partial charge in [0, 0.05) is 24.8 Å². The molecular formula is C15H23N3O2. The molecule has 0 aliphatic carbocycles. The lowest BCUT2D eigenvalue weighted by molar-refractivity contribution is -0.121. The van der Waals surface area contributed by atoms with Crippen molar-refractivity contribution in [3.63, 3.8) is 0 Å². The highest BCUT2D eigenvalue weighted by molar-refractivity contribution is 5.92. The fourth-order valence-electron chi connectivity index (χ4n) is 2.33. The number of nitrogens with zero attached hydrogens (tertiary/aromatic N) is 1. The molecule has 2 rings (SSSR count). The molecule has 1 heterocycles. The highest BCUT2D eigenvalue weighted by atomic mass is 16.5. The Kier molecular flexibility index (Phi) is 5.11. The average molecular weight is 277 g/mol. The summed E-state index contributed by atoms with van der Waals surface area (Å²) in [6.45, 7) is 6.24. The molecule has 1 aliphatic rings. The number of carbonyl (C=O) groups is 1. The van der Waals surface area contributed by atoms with Crippen molar-refractivity contribution < 1.29 is 9.53 Å². The molecule has 1 aromatic rings. The molecule has 0 bridgehead atoms. The summed E-state index contributed by atoms with van der Waals surface area (Å²) < 4.78 is 5.59. The van der Waals surface area contributed by atoms with Crippen molar-refractivity contribution >= 4 is 11.6 Å². The first-order chi connectivity index (χ1) is 9.60. The van der Waals surface area contributed by atoms with E-state index in [4.69, 9.17) is 10.5 Å². The molecular weight excluding hydrogens is 254 g/mol. The van der Waals surface area contributed by atoms with E-state index in [1.165, 1.54) is 0 Å². The van der Waals surface area contributed by atoms with Crippen LogP contribution in [0.2, 0.25) is 0 Å². The monoisotopic (exact) mass is 277 g/mol. The molecule has 1 aliphatic heterocycles. The smallest absolute Gasteiger partial charge is 0.238 e. The number of nitrogens with one attached hydrogen (secondary N) is 1. The van der Waals surface area contributed by atoms with E-state index in [9.17, 15) is 4.79 Å². The number of hydrogen-bond acceptors (Lipinski definition) is 4. The first-order valence-corrected chi connectivity index (χ1v) is 7.01. The number of anilines is 1. The predicted octanol–water partition coefficient (Wildman–Crippen LogP) is 0.982. The molecule has 1 amide bonds. The fraction of sp³-hybridized carbons (Fsp3) is 0.533. The number of benzene rings is 1. The van der Waals surface area contributed by atoms with Crippen LogP contribution in [0.25, 0.3) is 0 Å². The number of morpholine rings is 1. The maximum atomic E-state index is 12.1. The Bertz CT molecular complexity index is 464. The second kappa shape index (κ2) is 6.83. The second-order valence-electron chi connectivity index (χ2n) is 5.33. The molecule has 1 aromatic carbocycles. The van der Waals surface area contributed by atoms with Gasteiger partial charge in [0.2, 0.25) is 5.91 Å². The third-order valence-electron chi connectivity index (χ3n) is 3.66. The maximum Gasteiger partial charge on any atom is 0.238 e. The van der Waals surface area contributed by atoms with Gasteiger partial charge in [0.1, 0.15) is 0 Å². The van der Waals surface area contributed by atoms with Crippen molar-refractivity contribution in [1.82, 2.24) is 4.90 Å². The lowest BCUT2D eigenvalue weighted by Crippen LogP contribution is -2.52. The second-order valence-corrected chi connectivity index (χ2v) is 5.33. The van der Waals surface area contributed by atoms with Crippen LogP contribution in [0.1, 0.15) is 12.5 Å². The third kappa shape index (κ3) is 3.79. The van der Waals surface area contributed by atoms with Crippen LogP contribution in [0.5, 0.6) is 0 Å². The molecule has 1 saturated heterocycles. The normalized spacial score (nSPS) is 23.6. The van der Waals surface area contributed by atoms with Crippen molar-refractivity contribution in [3.05, 3.63) is 29.8 Å². The summed E-state index contributed by atoms with van der Waals surface area (Å²) in [5.74, 6) is 0.00354. The first-order valence-electron chi connectivity index (χ1n) is 7.01. The molecule has 20 heavy (non-hydrogen) atoms. The van der Waals surface area contributed by atoms with Gasteiger partial charge in [-0.15, -0.1) is 0 Å². The molecule has 0 saturated carbocycles. The average Bonchev–Trinajstić information content (AvgIpc) is 2.44. The summed E-state index contributed by atoms with van der Waals surface area (Å²) >= 11 is 0. The number of ether oxygens (including phenoxy) is 1. The number of carbonyl (C=O) groups excluding carboxylic acids is 1. The van der Waals surface area contributed by atoms with E-state index in [0.717, 1.165) is 11.3 Å². The van der Waals surface area contributed by atoms with E-state index in [1.54, 1.807) is 0 Å². The molecule has 1 fully saturated rings. The van der Waals surface area contributed by atoms with Gasteiger partial charge in [-0.1, -0.05) is 18.2 Å². The van der Waals surface area contributed by atoms with Gasteiger partial charge < -0.3 is 15.8 Å². The van der Waals surface area contributed by atoms with Crippen LogP contribution in [-0.2, 0) is 9.53 Å². The van der Waals surface area contributed by atoms with Crippen LogP contribution in [0.3, 0.4) is 0 Å². The SMILES string of the molecule is Cc1ccccc1NC(=O)CN1CC(CN)OCC1C. The predicted molar refractivity (Wildman–Crippen MR) is 79.6 cm³/mol.